The summed E-state index contributed by atoms with van der Waals surface area (Å²) in [6.45, 7) is 8.02. The minimum atomic E-state index is -0.168. The third-order valence-electron chi connectivity index (χ3n) is 5.02. The Hall–Kier alpha value is -3.01. The van der Waals surface area contributed by atoms with Crippen molar-refractivity contribution in [3.8, 4) is 11.1 Å². The number of carbonyl (C=O) groups excluding carboxylic acids is 1. The zero-order valence-electron chi connectivity index (χ0n) is 17.0. The summed E-state index contributed by atoms with van der Waals surface area (Å²) in [7, 11) is 0. The van der Waals surface area contributed by atoms with Crippen LogP contribution in [0.25, 0.3) is 11.1 Å². The van der Waals surface area contributed by atoms with Crippen LogP contribution in [0.3, 0.4) is 0 Å². The Morgan fingerprint density at radius 3 is 2.39 bits per heavy atom. The Labute approximate surface area is 167 Å². The molecule has 1 aliphatic carbocycles. The van der Waals surface area contributed by atoms with Crippen molar-refractivity contribution in [3.05, 3.63) is 76.7 Å². The van der Waals surface area contributed by atoms with Gasteiger partial charge in [-0.2, -0.15) is 0 Å². The number of amides is 1. The van der Waals surface area contributed by atoms with E-state index in [-0.39, 0.29) is 5.91 Å². The average molecular weight is 374 g/mol. The van der Waals surface area contributed by atoms with Crippen molar-refractivity contribution in [1.29, 1.82) is 0 Å². The van der Waals surface area contributed by atoms with E-state index in [1.54, 1.807) is 18.5 Å². The van der Waals surface area contributed by atoms with E-state index in [1.165, 1.54) is 35.1 Å². The molecule has 0 atom stereocenters. The molecule has 0 unspecified atom stereocenters. The van der Waals surface area contributed by atoms with Gasteiger partial charge in [-0.15, -0.1) is 0 Å². The summed E-state index contributed by atoms with van der Waals surface area (Å²) in [4.78, 5) is 20.8. The molecule has 0 fully saturated rings. The first-order chi connectivity index (χ1) is 13.6. The Morgan fingerprint density at radius 2 is 1.71 bits per heavy atom. The number of fused-ring (bicyclic) bond motifs is 1. The molecule has 4 rings (SSSR count). The monoisotopic (exact) mass is 373 g/mol. The molecular weight excluding hydrogens is 346 g/mol. The van der Waals surface area contributed by atoms with Crippen LogP contribution in [0.2, 0.25) is 0 Å². The van der Waals surface area contributed by atoms with Crippen LogP contribution in [-0.4, -0.2) is 15.9 Å². The van der Waals surface area contributed by atoms with Crippen molar-refractivity contribution in [2.75, 3.05) is 5.32 Å². The van der Waals surface area contributed by atoms with Crippen LogP contribution in [0.1, 0.15) is 52.9 Å². The maximum atomic E-state index is 12.4. The molecule has 1 amide bonds. The Bertz CT molecular complexity index is 978. The van der Waals surface area contributed by atoms with Gasteiger partial charge >= 0.3 is 0 Å². The number of nitrogens with zero attached hydrogens (tertiary/aromatic N) is 2. The fourth-order valence-corrected chi connectivity index (χ4v) is 3.60. The minimum absolute atomic E-state index is 0.168. The van der Waals surface area contributed by atoms with Crippen LogP contribution in [-0.2, 0) is 12.8 Å². The highest BCUT2D eigenvalue weighted by Crippen LogP contribution is 2.31. The normalized spacial score (nSPS) is 12.0. The summed E-state index contributed by atoms with van der Waals surface area (Å²) < 4.78 is 0. The van der Waals surface area contributed by atoms with E-state index in [2.05, 4.69) is 34.3 Å². The van der Waals surface area contributed by atoms with Gasteiger partial charge in [0.1, 0.15) is 5.82 Å². The van der Waals surface area contributed by atoms with Gasteiger partial charge in [-0.05, 0) is 79.1 Å². The van der Waals surface area contributed by atoms with Gasteiger partial charge in [-0.3, -0.25) is 9.78 Å². The number of aromatic nitrogens is 2. The fraction of sp³-hybridized carbons (Fsp3) is 0.292. The lowest BCUT2D eigenvalue weighted by molar-refractivity contribution is 0.102. The summed E-state index contributed by atoms with van der Waals surface area (Å²) >= 11 is 0. The lowest BCUT2D eigenvalue weighted by Crippen LogP contribution is -2.14. The summed E-state index contributed by atoms with van der Waals surface area (Å²) in [5, 5.41) is 2.86. The summed E-state index contributed by atoms with van der Waals surface area (Å²) in [6.07, 6.45) is 8.73. The molecule has 144 valence electrons. The number of carbonyl (C=O) groups is 1. The van der Waals surface area contributed by atoms with Crippen molar-refractivity contribution in [2.24, 2.45) is 0 Å². The number of rotatable bonds is 3. The molecule has 4 heteroatoms. The van der Waals surface area contributed by atoms with Gasteiger partial charge in [0, 0.05) is 29.7 Å². The first-order valence-corrected chi connectivity index (χ1v) is 9.92. The maximum Gasteiger partial charge on any atom is 0.257 e. The average Bonchev–Trinajstić information content (AvgIpc) is 3.17. The van der Waals surface area contributed by atoms with E-state index >= 15 is 0 Å². The molecule has 1 N–H and O–H groups in total. The summed E-state index contributed by atoms with van der Waals surface area (Å²) in [5.74, 6) is 0.382. The Balaban J connectivity index is 0.00000109. The second-order valence-corrected chi connectivity index (χ2v) is 6.87. The molecule has 0 saturated carbocycles. The quantitative estimate of drug-likeness (QED) is 0.657. The van der Waals surface area contributed by atoms with Gasteiger partial charge in [0.15, 0.2) is 0 Å². The van der Waals surface area contributed by atoms with E-state index in [0.29, 0.717) is 11.4 Å². The van der Waals surface area contributed by atoms with E-state index in [4.69, 9.17) is 0 Å². The van der Waals surface area contributed by atoms with Gasteiger partial charge < -0.3 is 5.32 Å². The van der Waals surface area contributed by atoms with Gasteiger partial charge in [0.05, 0.1) is 0 Å². The number of nitrogens with one attached hydrogen (secondary N) is 1. The molecule has 0 radical (unpaired) electrons. The van der Waals surface area contributed by atoms with Crippen LogP contribution in [0.15, 0.2) is 48.9 Å². The molecule has 2 heterocycles. The fourth-order valence-electron chi connectivity index (χ4n) is 3.60. The summed E-state index contributed by atoms with van der Waals surface area (Å²) in [5.41, 5.74) is 7.97. The van der Waals surface area contributed by atoms with Crippen molar-refractivity contribution in [3.63, 3.8) is 0 Å². The van der Waals surface area contributed by atoms with Crippen LogP contribution in [0.5, 0.6) is 0 Å². The van der Waals surface area contributed by atoms with Crippen molar-refractivity contribution in [1.82, 2.24) is 9.97 Å². The van der Waals surface area contributed by atoms with Crippen molar-refractivity contribution >= 4 is 11.7 Å². The predicted molar refractivity (Wildman–Crippen MR) is 115 cm³/mol. The van der Waals surface area contributed by atoms with Crippen LogP contribution >= 0.6 is 0 Å². The zero-order chi connectivity index (χ0) is 20.1. The molecular formula is C24H27N3O. The molecule has 3 aromatic rings. The lowest BCUT2D eigenvalue weighted by Gasteiger charge is -2.11. The topological polar surface area (TPSA) is 54.9 Å². The molecule has 2 aromatic heterocycles. The first-order valence-electron chi connectivity index (χ1n) is 9.92. The number of pyridine rings is 2. The highest BCUT2D eigenvalue weighted by molar-refractivity contribution is 6.04. The highest BCUT2D eigenvalue weighted by Gasteiger charge is 2.14. The van der Waals surface area contributed by atoms with E-state index in [1.807, 2.05) is 39.1 Å². The summed E-state index contributed by atoms with van der Waals surface area (Å²) in [6, 6.07) is 10.2. The highest BCUT2D eigenvalue weighted by atomic mass is 16.1. The largest absolute Gasteiger partial charge is 0.307 e. The van der Waals surface area contributed by atoms with Gasteiger partial charge in [-0.1, -0.05) is 26.0 Å². The zero-order valence-corrected chi connectivity index (χ0v) is 17.0. The van der Waals surface area contributed by atoms with Crippen molar-refractivity contribution < 1.29 is 4.79 Å². The van der Waals surface area contributed by atoms with Gasteiger partial charge in [0.2, 0.25) is 0 Å². The molecule has 0 saturated heterocycles. The van der Waals surface area contributed by atoms with Crippen LogP contribution in [0, 0.1) is 13.8 Å². The van der Waals surface area contributed by atoms with Crippen molar-refractivity contribution in [2.45, 2.75) is 47.0 Å². The molecule has 1 aliphatic rings. The standard InChI is InChI=1S/C22H21N3O.C2H6/c1-14-10-16-4-3-5-17(16)11-20(14)18-6-7-21(24-13-18)25-22(26)19-8-9-23-12-15(19)2;1-2/h6-13H,3-5H2,1-2H3,(H,24,25,26);1-2H3. The number of hydrogen-bond acceptors (Lipinski definition) is 3. The Morgan fingerprint density at radius 1 is 0.964 bits per heavy atom. The Kier molecular flexibility index (Phi) is 6.19. The molecule has 4 nitrogen and oxygen atoms in total. The minimum Gasteiger partial charge on any atom is -0.307 e. The number of hydrogen-bond donors (Lipinski definition) is 1. The third kappa shape index (κ3) is 4.11. The second kappa shape index (κ2) is 8.79. The van der Waals surface area contributed by atoms with E-state index in [9.17, 15) is 4.79 Å². The predicted octanol–water partition coefficient (Wildman–Crippen LogP) is 5.53. The smallest absolute Gasteiger partial charge is 0.257 e. The van der Waals surface area contributed by atoms with Gasteiger partial charge in [-0.25, -0.2) is 4.98 Å². The molecule has 0 spiro atoms. The first kappa shape index (κ1) is 19.7. The van der Waals surface area contributed by atoms with Crippen LogP contribution < -0.4 is 5.32 Å². The second-order valence-electron chi connectivity index (χ2n) is 6.87. The molecule has 1 aromatic carbocycles. The number of anilines is 1. The third-order valence-corrected chi connectivity index (χ3v) is 5.02. The van der Waals surface area contributed by atoms with E-state index in [0.717, 1.165) is 17.5 Å². The number of aryl methyl sites for hydroxylation is 4. The number of benzene rings is 1. The lowest BCUT2D eigenvalue weighted by atomic mass is 9.96. The SMILES string of the molecule is CC.Cc1cnccc1C(=O)Nc1ccc(-c2cc3c(cc2C)CCC3)cn1. The van der Waals surface area contributed by atoms with E-state index < -0.39 is 0 Å². The van der Waals surface area contributed by atoms with Crippen LogP contribution in [0.4, 0.5) is 5.82 Å². The molecule has 28 heavy (non-hydrogen) atoms. The van der Waals surface area contributed by atoms with Gasteiger partial charge in [0.25, 0.3) is 5.91 Å². The molecule has 0 aliphatic heterocycles. The maximum absolute atomic E-state index is 12.4. The molecule has 0 bridgehead atoms.